The molecule has 23 heavy (non-hydrogen) atoms. The van der Waals surface area contributed by atoms with Gasteiger partial charge in [0, 0.05) is 6.20 Å². The summed E-state index contributed by atoms with van der Waals surface area (Å²) in [6.07, 6.45) is 1.71. The van der Waals surface area contributed by atoms with Crippen LogP contribution in [0.2, 0.25) is 0 Å². The normalized spacial score (nSPS) is 10.6. The van der Waals surface area contributed by atoms with Gasteiger partial charge in [-0.2, -0.15) is 0 Å². The summed E-state index contributed by atoms with van der Waals surface area (Å²) >= 11 is 1.30. The summed E-state index contributed by atoms with van der Waals surface area (Å²) in [4.78, 5) is 21.7. The summed E-state index contributed by atoms with van der Waals surface area (Å²) in [6.45, 7) is 5.66. The first-order valence-corrected chi connectivity index (χ1v) is 8.05. The van der Waals surface area contributed by atoms with E-state index in [1.807, 2.05) is 57.2 Å². The lowest BCUT2D eigenvalue weighted by atomic mass is 10.1. The van der Waals surface area contributed by atoms with Crippen molar-refractivity contribution in [3.8, 4) is 16.5 Å². The summed E-state index contributed by atoms with van der Waals surface area (Å²) in [5, 5.41) is 0.719. The number of para-hydroxylation sites is 1. The van der Waals surface area contributed by atoms with E-state index in [0.717, 1.165) is 21.8 Å². The predicted octanol–water partition coefficient (Wildman–Crippen LogP) is 4.35. The van der Waals surface area contributed by atoms with Crippen LogP contribution in [0.1, 0.15) is 26.5 Å². The topological polar surface area (TPSA) is 52.1 Å². The third-order valence-corrected chi connectivity index (χ3v) is 4.63. The molecule has 2 aromatic heterocycles. The van der Waals surface area contributed by atoms with Crippen LogP contribution in [0.4, 0.5) is 0 Å². The van der Waals surface area contributed by atoms with Gasteiger partial charge in [-0.1, -0.05) is 24.3 Å². The summed E-state index contributed by atoms with van der Waals surface area (Å²) < 4.78 is 5.60. The lowest BCUT2D eigenvalue weighted by molar-refractivity contribution is 0.0736. The molecule has 0 N–H and O–H groups in total. The molecule has 0 unspecified atom stereocenters. The maximum Gasteiger partial charge on any atom is 0.355 e. The third-order valence-electron chi connectivity index (χ3n) is 3.47. The standard InChI is InChI=1S/C18H16N2O2S/c1-11-7-6-8-12(2)15(11)22-18(21)16-13(3)20-17(23-16)14-9-4-5-10-19-14/h4-10H,1-3H3. The molecule has 5 heteroatoms. The minimum atomic E-state index is -0.375. The Morgan fingerprint density at radius 2 is 1.78 bits per heavy atom. The number of aromatic nitrogens is 2. The zero-order valence-electron chi connectivity index (χ0n) is 13.2. The van der Waals surface area contributed by atoms with Gasteiger partial charge in [-0.05, 0) is 44.0 Å². The van der Waals surface area contributed by atoms with E-state index >= 15 is 0 Å². The van der Waals surface area contributed by atoms with Crippen molar-refractivity contribution in [1.82, 2.24) is 9.97 Å². The molecule has 0 aliphatic carbocycles. The fourth-order valence-electron chi connectivity index (χ4n) is 2.28. The Balaban J connectivity index is 1.90. The van der Waals surface area contributed by atoms with Gasteiger partial charge in [0.05, 0.1) is 11.4 Å². The van der Waals surface area contributed by atoms with Gasteiger partial charge in [-0.15, -0.1) is 11.3 Å². The highest BCUT2D eigenvalue weighted by Crippen LogP contribution is 2.29. The number of carbonyl (C=O) groups excluding carboxylic acids is 1. The Morgan fingerprint density at radius 1 is 1.04 bits per heavy atom. The molecular weight excluding hydrogens is 308 g/mol. The van der Waals surface area contributed by atoms with Crippen LogP contribution >= 0.6 is 11.3 Å². The molecule has 0 aliphatic rings. The van der Waals surface area contributed by atoms with E-state index in [-0.39, 0.29) is 5.97 Å². The molecule has 0 fully saturated rings. The van der Waals surface area contributed by atoms with Crippen molar-refractivity contribution in [2.24, 2.45) is 0 Å². The molecule has 0 amide bonds. The number of hydrogen-bond acceptors (Lipinski definition) is 5. The smallest absolute Gasteiger partial charge is 0.355 e. The van der Waals surface area contributed by atoms with E-state index in [2.05, 4.69) is 9.97 Å². The summed E-state index contributed by atoms with van der Waals surface area (Å²) in [5.74, 6) is 0.240. The molecule has 0 spiro atoms. The molecule has 0 saturated carbocycles. The van der Waals surface area contributed by atoms with E-state index in [4.69, 9.17) is 4.74 Å². The van der Waals surface area contributed by atoms with Crippen molar-refractivity contribution in [3.05, 3.63) is 64.3 Å². The number of ether oxygens (including phenoxy) is 1. The average molecular weight is 324 g/mol. The van der Waals surface area contributed by atoms with Gasteiger partial charge in [-0.3, -0.25) is 4.98 Å². The first-order chi connectivity index (χ1) is 11.1. The molecule has 4 nitrogen and oxygen atoms in total. The molecule has 0 aliphatic heterocycles. The fraction of sp³-hybridized carbons (Fsp3) is 0.167. The van der Waals surface area contributed by atoms with E-state index in [9.17, 15) is 4.79 Å². The first kappa shape index (κ1) is 15.4. The van der Waals surface area contributed by atoms with Crippen LogP contribution in [0.3, 0.4) is 0 Å². The van der Waals surface area contributed by atoms with Crippen molar-refractivity contribution in [3.63, 3.8) is 0 Å². The molecular formula is C18H16N2O2S. The maximum absolute atomic E-state index is 12.5. The van der Waals surface area contributed by atoms with Gasteiger partial charge in [0.1, 0.15) is 15.6 Å². The van der Waals surface area contributed by atoms with E-state index in [1.54, 1.807) is 6.20 Å². The van der Waals surface area contributed by atoms with Gasteiger partial charge in [0.15, 0.2) is 0 Å². The number of thiazole rings is 1. The Labute approximate surface area is 138 Å². The number of nitrogens with zero attached hydrogens (tertiary/aromatic N) is 2. The second kappa shape index (κ2) is 6.30. The number of esters is 1. The zero-order chi connectivity index (χ0) is 16.4. The van der Waals surface area contributed by atoms with Gasteiger partial charge in [0.2, 0.25) is 0 Å². The monoisotopic (exact) mass is 324 g/mol. The summed E-state index contributed by atoms with van der Waals surface area (Å²) in [6, 6.07) is 11.4. The van der Waals surface area contributed by atoms with Crippen LogP contribution in [0.25, 0.3) is 10.7 Å². The largest absolute Gasteiger partial charge is 0.422 e. The van der Waals surface area contributed by atoms with E-state index < -0.39 is 0 Å². The molecule has 0 saturated heterocycles. The fourth-order valence-corrected chi connectivity index (χ4v) is 3.20. The van der Waals surface area contributed by atoms with Crippen molar-refractivity contribution < 1.29 is 9.53 Å². The van der Waals surface area contributed by atoms with Crippen molar-refractivity contribution >= 4 is 17.3 Å². The van der Waals surface area contributed by atoms with E-state index in [1.165, 1.54) is 11.3 Å². The SMILES string of the molecule is Cc1cccc(C)c1OC(=O)c1sc(-c2ccccn2)nc1C. The van der Waals surface area contributed by atoms with Crippen molar-refractivity contribution in [2.45, 2.75) is 20.8 Å². The number of aryl methyl sites for hydroxylation is 3. The highest BCUT2D eigenvalue weighted by Gasteiger charge is 2.20. The van der Waals surface area contributed by atoms with Crippen molar-refractivity contribution in [2.75, 3.05) is 0 Å². The van der Waals surface area contributed by atoms with Crippen LogP contribution < -0.4 is 4.74 Å². The Hall–Kier alpha value is -2.53. The van der Waals surface area contributed by atoms with Gasteiger partial charge in [-0.25, -0.2) is 9.78 Å². The average Bonchev–Trinajstić information content (AvgIpc) is 2.94. The second-order valence-electron chi connectivity index (χ2n) is 5.26. The molecule has 2 heterocycles. The molecule has 0 bridgehead atoms. The van der Waals surface area contributed by atoms with Gasteiger partial charge < -0.3 is 4.74 Å². The minimum Gasteiger partial charge on any atom is -0.422 e. The zero-order valence-corrected chi connectivity index (χ0v) is 14.0. The maximum atomic E-state index is 12.5. The molecule has 3 aromatic rings. The van der Waals surface area contributed by atoms with Crippen LogP contribution in [-0.2, 0) is 0 Å². The lowest BCUT2D eigenvalue weighted by Crippen LogP contribution is -2.09. The van der Waals surface area contributed by atoms with Crippen LogP contribution in [0.5, 0.6) is 5.75 Å². The number of pyridine rings is 1. The lowest BCUT2D eigenvalue weighted by Gasteiger charge is -2.09. The van der Waals surface area contributed by atoms with Crippen LogP contribution in [-0.4, -0.2) is 15.9 Å². The number of carbonyl (C=O) groups is 1. The Morgan fingerprint density at radius 3 is 2.43 bits per heavy atom. The molecule has 0 radical (unpaired) electrons. The molecule has 1 aromatic carbocycles. The summed E-state index contributed by atoms with van der Waals surface area (Å²) in [5.41, 5.74) is 3.29. The Kier molecular flexibility index (Phi) is 4.21. The highest BCUT2D eigenvalue weighted by molar-refractivity contribution is 7.17. The van der Waals surface area contributed by atoms with Crippen molar-refractivity contribution in [1.29, 1.82) is 0 Å². The predicted molar refractivity (Wildman–Crippen MR) is 91.0 cm³/mol. The molecule has 116 valence electrons. The molecule has 0 atom stereocenters. The number of rotatable bonds is 3. The van der Waals surface area contributed by atoms with Crippen LogP contribution in [0, 0.1) is 20.8 Å². The van der Waals surface area contributed by atoms with E-state index in [0.29, 0.717) is 16.3 Å². The minimum absolute atomic E-state index is 0.375. The highest BCUT2D eigenvalue weighted by atomic mass is 32.1. The second-order valence-corrected chi connectivity index (χ2v) is 6.26. The summed E-state index contributed by atoms with van der Waals surface area (Å²) in [7, 11) is 0. The van der Waals surface area contributed by atoms with Crippen LogP contribution in [0.15, 0.2) is 42.6 Å². The molecule has 3 rings (SSSR count). The third kappa shape index (κ3) is 3.14. The number of benzene rings is 1. The first-order valence-electron chi connectivity index (χ1n) is 7.23. The van der Waals surface area contributed by atoms with Gasteiger partial charge >= 0.3 is 5.97 Å². The quantitative estimate of drug-likeness (QED) is 0.531. The van der Waals surface area contributed by atoms with Gasteiger partial charge in [0.25, 0.3) is 0 Å². The Bertz CT molecular complexity index is 836. The number of hydrogen-bond donors (Lipinski definition) is 0.